The molecule has 0 aromatic rings. The van der Waals surface area contributed by atoms with Gasteiger partial charge in [-0.2, -0.15) is 0 Å². The molecule has 0 heterocycles. The average molecular weight is 197 g/mol. The smallest absolute Gasteiger partial charge is 0.331 e. The van der Waals surface area contributed by atoms with E-state index in [2.05, 4.69) is 19.2 Å². The Hall–Kier alpha value is -0.830. The number of hydrogen-bond acceptors (Lipinski definition) is 2. The lowest BCUT2D eigenvalue weighted by Crippen LogP contribution is -2.21. The summed E-state index contributed by atoms with van der Waals surface area (Å²) in [7, 11) is 0. The summed E-state index contributed by atoms with van der Waals surface area (Å²) in [5.74, 6) is -0.802. The molecule has 2 N–H and O–H groups in total. The average Bonchev–Trinajstić information content (AvgIpc) is 2.67. The minimum atomic E-state index is -0.802. The number of aliphatic carboxylic acids is 1. The first-order chi connectivity index (χ1) is 6.47. The summed E-state index contributed by atoms with van der Waals surface area (Å²) < 4.78 is 0. The number of carbonyl (C=O) groups is 1. The number of rotatable bonds is 5. The van der Waals surface area contributed by atoms with Crippen LogP contribution in [0, 0.1) is 5.41 Å². The van der Waals surface area contributed by atoms with Crippen molar-refractivity contribution in [1.29, 1.82) is 0 Å². The summed E-state index contributed by atoms with van der Waals surface area (Å²) in [4.78, 5) is 10.7. The fourth-order valence-corrected chi connectivity index (χ4v) is 1.52. The van der Waals surface area contributed by atoms with Crippen LogP contribution in [0.5, 0.6) is 0 Å². The van der Waals surface area contributed by atoms with Crippen LogP contribution >= 0.6 is 0 Å². The van der Waals surface area contributed by atoms with Gasteiger partial charge in [0.25, 0.3) is 0 Å². The molecule has 0 aromatic heterocycles. The van der Waals surface area contributed by atoms with Crippen molar-refractivity contribution in [2.24, 2.45) is 5.41 Å². The Labute approximate surface area is 85.2 Å². The highest BCUT2D eigenvalue weighted by Gasteiger charge is 2.44. The second-order valence-corrected chi connectivity index (χ2v) is 4.54. The standard InChI is InChI=1S/C11H19NO2/c1-4-8(10(13)14)5-6-12-9-7-11(9,2)3/h5,9,12H,4,6-7H2,1-3H3,(H,13,14). The van der Waals surface area contributed by atoms with Crippen molar-refractivity contribution in [1.82, 2.24) is 5.32 Å². The molecule has 0 aliphatic heterocycles. The SMILES string of the molecule is CCC(=CCNC1CC1(C)C)C(=O)O. The van der Waals surface area contributed by atoms with Gasteiger partial charge in [0.1, 0.15) is 0 Å². The molecular weight excluding hydrogens is 178 g/mol. The first kappa shape index (κ1) is 11.2. The number of nitrogens with one attached hydrogen (secondary N) is 1. The third-order valence-corrected chi connectivity index (χ3v) is 2.88. The van der Waals surface area contributed by atoms with Crippen molar-refractivity contribution < 1.29 is 9.90 Å². The maximum atomic E-state index is 10.7. The molecule has 1 fully saturated rings. The van der Waals surface area contributed by atoms with Gasteiger partial charge < -0.3 is 10.4 Å². The van der Waals surface area contributed by atoms with Crippen molar-refractivity contribution in [3.05, 3.63) is 11.6 Å². The molecule has 3 heteroatoms. The van der Waals surface area contributed by atoms with Gasteiger partial charge in [-0.25, -0.2) is 4.79 Å². The summed E-state index contributed by atoms with van der Waals surface area (Å²) in [5.41, 5.74) is 0.902. The van der Waals surface area contributed by atoms with E-state index in [9.17, 15) is 4.79 Å². The predicted octanol–water partition coefficient (Wildman–Crippen LogP) is 1.80. The van der Waals surface area contributed by atoms with Gasteiger partial charge in [-0.1, -0.05) is 26.8 Å². The van der Waals surface area contributed by atoms with Gasteiger partial charge in [-0.15, -0.1) is 0 Å². The molecule has 0 amide bonds. The molecule has 14 heavy (non-hydrogen) atoms. The van der Waals surface area contributed by atoms with Crippen LogP contribution in [-0.4, -0.2) is 23.7 Å². The quantitative estimate of drug-likeness (QED) is 0.661. The summed E-state index contributed by atoms with van der Waals surface area (Å²) in [6.45, 7) is 6.96. The first-order valence-corrected chi connectivity index (χ1v) is 5.13. The number of hydrogen-bond donors (Lipinski definition) is 2. The van der Waals surface area contributed by atoms with Crippen LogP contribution in [0.2, 0.25) is 0 Å². The van der Waals surface area contributed by atoms with Crippen LogP contribution < -0.4 is 5.32 Å². The second-order valence-electron chi connectivity index (χ2n) is 4.54. The highest BCUT2D eigenvalue weighted by Crippen LogP contribution is 2.44. The predicted molar refractivity (Wildman–Crippen MR) is 56.2 cm³/mol. The zero-order valence-corrected chi connectivity index (χ0v) is 9.13. The molecule has 0 bridgehead atoms. The molecule has 0 aromatic carbocycles. The zero-order chi connectivity index (χ0) is 10.8. The lowest BCUT2D eigenvalue weighted by atomic mass is 10.2. The maximum absolute atomic E-state index is 10.7. The van der Waals surface area contributed by atoms with Crippen molar-refractivity contribution >= 4 is 5.97 Å². The molecule has 1 saturated carbocycles. The van der Waals surface area contributed by atoms with Crippen LogP contribution in [0.15, 0.2) is 11.6 Å². The van der Waals surface area contributed by atoms with Crippen LogP contribution in [0.3, 0.4) is 0 Å². The van der Waals surface area contributed by atoms with E-state index in [-0.39, 0.29) is 0 Å². The first-order valence-electron chi connectivity index (χ1n) is 5.13. The highest BCUT2D eigenvalue weighted by atomic mass is 16.4. The largest absolute Gasteiger partial charge is 0.478 e. The van der Waals surface area contributed by atoms with E-state index in [1.54, 1.807) is 6.08 Å². The Bertz CT molecular complexity index is 256. The Kier molecular flexibility index (Phi) is 3.32. The fraction of sp³-hybridized carbons (Fsp3) is 0.727. The van der Waals surface area contributed by atoms with Crippen LogP contribution in [0.1, 0.15) is 33.6 Å². The molecule has 0 spiro atoms. The van der Waals surface area contributed by atoms with E-state index in [0.29, 0.717) is 30.0 Å². The number of carboxylic acids is 1. The normalized spacial score (nSPS) is 24.8. The summed E-state index contributed by atoms with van der Waals surface area (Å²) in [6.07, 6.45) is 3.55. The van der Waals surface area contributed by atoms with Gasteiger partial charge in [0.15, 0.2) is 0 Å². The van der Waals surface area contributed by atoms with Crippen molar-refractivity contribution in [3.8, 4) is 0 Å². The Morgan fingerprint density at radius 1 is 1.64 bits per heavy atom. The molecule has 1 atom stereocenters. The Balaban J connectivity index is 2.29. The molecule has 1 unspecified atom stereocenters. The molecule has 1 aliphatic rings. The molecule has 1 aliphatic carbocycles. The van der Waals surface area contributed by atoms with Crippen LogP contribution in [0.4, 0.5) is 0 Å². The summed E-state index contributed by atoms with van der Waals surface area (Å²) in [6, 6.07) is 0.561. The monoisotopic (exact) mass is 197 g/mol. The Morgan fingerprint density at radius 2 is 2.21 bits per heavy atom. The van der Waals surface area contributed by atoms with E-state index in [1.807, 2.05) is 6.92 Å². The minimum absolute atomic E-state index is 0.406. The van der Waals surface area contributed by atoms with Gasteiger partial charge in [0.2, 0.25) is 0 Å². The van der Waals surface area contributed by atoms with Crippen molar-refractivity contribution in [3.63, 3.8) is 0 Å². The lowest BCUT2D eigenvalue weighted by Gasteiger charge is -2.04. The van der Waals surface area contributed by atoms with Gasteiger partial charge in [-0.05, 0) is 18.3 Å². The highest BCUT2D eigenvalue weighted by molar-refractivity contribution is 5.86. The topological polar surface area (TPSA) is 49.3 Å². The molecule has 3 nitrogen and oxygen atoms in total. The van der Waals surface area contributed by atoms with E-state index in [1.165, 1.54) is 6.42 Å². The third kappa shape index (κ3) is 2.84. The second kappa shape index (κ2) is 4.13. The van der Waals surface area contributed by atoms with Crippen LogP contribution in [-0.2, 0) is 4.79 Å². The fourth-order valence-electron chi connectivity index (χ4n) is 1.52. The van der Waals surface area contributed by atoms with Crippen LogP contribution in [0.25, 0.3) is 0 Å². The van der Waals surface area contributed by atoms with E-state index in [4.69, 9.17) is 5.11 Å². The summed E-state index contributed by atoms with van der Waals surface area (Å²) >= 11 is 0. The van der Waals surface area contributed by atoms with E-state index in [0.717, 1.165) is 0 Å². The van der Waals surface area contributed by atoms with Crippen molar-refractivity contribution in [2.75, 3.05) is 6.54 Å². The molecule has 1 rings (SSSR count). The maximum Gasteiger partial charge on any atom is 0.331 e. The zero-order valence-electron chi connectivity index (χ0n) is 9.13. The van der Waals surface area contributed by atoms with Crippen molar-refractivity contribution in [2.45, 2.75) is 39.7 Å². The number of carboxylic acid groups (broad SMARTS) is 1. The summed E-state index contributed by atoms with van der Waals surface area (Å²) in [5, 5.41) is 12.1. The van der Waals surface area contributed by atoms with Gasteiger partial charge in [0.05, 0.1) is 0 Å². The minimum Gasteiger partial charge on any atom is -0.478 e. The lowest BCUT2D eigenvalue weighted by molar-refractivity contribution is -0.132. The van der Waals surface area contributed by atoms with Gasteiger partial charge in [-0.3, -0.25) is 0 Å². The van der Waals surface area contributed by atoms with E-state index >= 15 is 0 Å². The third-order valence-electron chi connectivity index (χ3n) is 2.88. The van der Waals surface area contributed by atoms with E-state index < -0.39 is 5.97 Å². The molecule has 0 saturated heterocycles. The van der Waals surface area contributed by atoms with Gasteiger partial charge >= 0.3 is 5.97 Å². The molecule has 0 radical (unpaired) electrons. The molecular formula is C11H19NO2. The van der Waals surface area contributed by atoms with Gasteiger partial charge in [0, 0.05) is 18.2 Å². The molecule has 80 valence electrons. The Morgan fingerprint density at radius 3 is 2.57 bits per heavy atom.